The van der Waals surface area contributed by atoms with Gasteiger partial charge >= 0.3 is 0 Å². The summed E-state index contributed by atoms with van der Waals surface area (Å²) in [7, 11) is 1.49. The van der Waals surface area contributed by atoms with Gasteiger partial charge in [-0.25, -0.2) is 4.39 Å². The number of methoxy groups -OCH3 is 1. The highest BCUT2D eigenvalue weighted by Crippen LogP contribution is 2.31. The van der Waals surface area contributed by atoms with Crippen molar-refractivity contribution in [3.63, 3.8) is 0 Å². The Labute approximate surface area is 87.8 Å². The first-order valence-corrected chi connectivity index (χ1v) is 4.62. The topological polar surface area (TPSA) is 35.2 Å². The van der Waals surface area contributed by atoms with Gasteiger partial charge < -0.3 is 10.5 Å². The van der Waals surface area contributed by atoms with Gasteiger partial charge in [0.15, 0.2) is 0 Å². The van der Waals surface area contributed by atoms with Crippen molar-refractivity contribution >= 4 is 11.6 Å². The molecule has 0 aliphatic rings. The number of rotatable bonds is 3. The Bertz CT molecular complexity index is 328. The first kappa shape index (κ1) is 11.3. The first-order valence-electron chi connectivity index (χ1n) is 4.24. The number of benzene rings is 1. The van der Waals surface area contributed by atoms with Gasteiger partial charge in [-0.15, -0.1) is 0 Å². The molecule has 0 aromatic heterocycles. The first-order chi connectivity index (χ1) is 6.51. The van der Waals surface area contributed by atoms with E-state index in [9.17, 15) is 4.39 Å². The summed E-state index contributed by atoms with van der Waals surface area (Å²) in [6.07, 6.45) is 0. The molecule has 4 heteroatoms. The number of nitrogens with two attached hydrogens (primary N) is 1. The zero-order valence-corrected chi connectivity index (χ0v) is 8.94. The summed E-state index contributed by atoms with van der Waals surface area (Å²) in [6, 6.07) is 4.77. The molecule has 0 saturated heterocycles. The normalized spacial score (nSPS) is 14.9. The zero-order valence-electron chi connectivity index (χ0n) is 8.18. The van der Waals surface area contributed by atoms with Gasteiger partial charge in [0.2, 0.25) is 0 Å². The summed E-state index contributed by atoms with van der Waals surface area (Å²) in [5, 5.41) is 0.462. The Balaban J connectivity index is 3.12. The Kier molecular flexibility index (Phi) is 3.34. The lowest BCUT2D eigenvalue weighted by atomic mass is 9.98. The monoisotopic (exact) mass is 217 g/mol. The minimum atomic E-state index is -1.54. The summed E-state index contributed by atoms with van der Waals surface area (Å²) < 4.78 is 18.8. The maximum atomic E-state index is 13.8. The average Bonchev–Trinajstić information content (AvgIpc) is 2.18. The van der Waals surface area contributed by atoms with Gasteiger partial charge in [-0.3, -0.25) is 0 Å². The molecule has 78 valence electrons. The summed E-state index contributed by atoms with van der Waals surface area (Å²) >= 11 is 5.81. The molecule has 0 bridgehead atoms. The van der Waals surface area contributed by atoms with Gasteiger partial charge in [-0.2, -0.15) is 0 Å². The van der Waals surface area contributed by atoms with Crippen LogP contribution in [0.1, 0.15) is 12.5 Å². The zero-order chi connectivity index (χ0) is 10.8. The van der Waals surface area contributed by atoms with Crippen molar-refractivity contribution in [3.8, 4) is 5.75 Å². The van der Waals surface area contributed by atoms with E-state index in [0.29, 0.717) is 16.3 Å². The van der Waals surface area contributed by atoms with E-state index in [1.165, 1.54) is 14.0 Å². The Morgan fingerprint density at radius 2 is 2.21 bits per heavy atom. The van der Waals surface area contributed by atoms with Gasteiger partial charge in [-0.1, -0.05) is 17.7 Å². The lowest BCUT2D eigenvalue weighted by Crippen LogP contribution is -2.26. The maximum Gasteiger partial charge on any atom is 0.145 e. The van der Waals surface area contributed by atoms with Crippen molar-refractivity contribution in [2.75, 3.05) is 13.7 Å². The molecule has 0 saturated carbocycles. The van der Waals surface area contributed by atoms with Crippen LogP contribution < -0.4 is 10.5 Å². The summed E-state index contributed by atoms with van der Waals surface area (Å²) in [4.78, 5) is 0. The highest BCUT2D eigenvalue weighted by molar-refractivity contribution is 6.32. The van der Waals surface area contributed by atoms with Crippen LogP contribution >= 0.6 is 11.6 Å². The van der Waals surface area contributed by atoms with Crippen LogP contribution in [0.15, 0.2) is 18.2 Å². The van der Waals surface area contributed by atoms with Crippen molar-refractivity contribution in [2.24, 2.45) is 5.73 Å². The predicted molar refractivity (Wildman–Crippen MR) is 55.5 cm³/mol. The molecule has 14 heavy (non-hydrogen) atoms. The van der Waals surface area contributed by atoms with E-state index in [2.05, 4.69) is 0 Å². The molecule has 0 aliphatic carbocycles. The van der Waals surface area contributed by atoms with E-state index in [4.69, 9.17) is 22.1 Å². The second kappa shape index (κ2) is 4.15. The SMILES string of the molecule is COc1cc(C(C)(F)CN)ccc1Cl. The molecule has 1 rings (SSSR count). The third kappa shape index (κ3) is 2.16. The molecule has 0 spiro atoms. The van der Waals surface area contributed by atoms with Crippen LogP contribution in [0.3, 0.4) is 0 Å². The second-order valence-corrected chi connectivity index (χ2v) is 3.66. The quantitative estimate of drug-likeness (QED) is 0.845. The predicted octanol–water partition coefficient (Wildman–Crippen LogP) is 2.49. The van der Waals surface area contributed by atoms with Crippen molar-refractivity contribution in [2.45, 2.75) is 12.6 Å². The average molecular weight is 218 g/mol. The van der Waals surface area contributed by atoms with Gasteiger partial charge in [-0.05, 0) is 24.6 Å². The molecule has 1 atom stereocenters. The van der Waals surface area contributed by atoms with Crippen LogP contribution in [-0.4, -0.2) is 13.7 Å². The van der Waals surface area contributed by atoms with E-state index in [1.54, 1.807) is 18.2 Å². The van der Waals surface area contributed by atoms with Gasteiger partial charge in [0.1, 0.15) is 11.4 Å². The Morgan fingerprint density at radius 3 is 2.71 bits per heavy atom. The highest BCUT2D eigenvalue weighted by Gasteiger charge is 2.24. The van der Waals surface area contributed by atoms with E-state index in [1.807, 2.05) is 0 Å². The molecule has 1 aromatic carbocycles. The molecule has 0 fully saturated rings. The molecule has 0 amide bonds. The van der Waals surface area contributed by atoms with Crippen LogP contribution in [0.5, 0.6) is 5.75 Å². The van der Waals surface area contributed by atoms with Gasteiger partial charge in [0.25, 0.3) is 0 Å². The van der Waals surface area contributed by atoms with Crippen LogP contribution in [0, 0.1) is 0 Å². The fourth-order valence-corrected chi connectivity index (χ4v) is 1.30. The third-order valence-electron chi connectivity index (χ3n) is 2.14. The molecule has 2 N–H and O–H groups in total. The van der Waals surface area contributed by atoms with Crippen molar-refractivity contribution in [1.82, 2.24) is 0 Å². The smallest absolute Gasteiger partial charge is 0.145 e. The number of alkyl halides is 1. The standard InChI is InChI=1S/C10H13ClFNO/c1-10(12,6-13)7-3-4-8(11)9(5-7)14-2/h3-5H,6,13H2,1-2H3. The number of ether oxygens (including phenoxy) is 1. The molecular formula is C10H13ClFNO. The van der Waals surface area contributed by atoms with E-state index >= 15 is 0 Å². The largest absolute Gasteiger partial charge is 0.495 e. The summed E-state index contributed by atoms with van der Waals surface area (Å²) in [6.45, 7) is 1.35. The molecule has 1 unspecified atom stereocenters. The molecule has 0 radical (unpaired) electrons. The van der Waals surface area contributed by atoms with Crippen molar-refractivity contribution in [1.29, 1.82) is 0 Å². The van der Waals surface area contributed by atoms with E-state index in [0.717, 1.165) is 0 Å². The van der Waals surface area contributed by atoms with Crippen LogP contribution in [-0.2, 0) is 5.67 Å². The number of hydrogen-bond donors (Lipinski definition) is 1. The lowest BCUT2D eigenvalue weighted by molar-refractivity contribution is 0.203. The Morgan fingerprint density at radius 1 is 1.57 bits per heavy atom. The van der Waals surface area contributed by atoms with E-state index < -0.39 is 5.67 Å². The minimum Gasteiger partial charge on any atom is -0.495 e. The van der Waals surface area contributed by atoms with Crippen LogP contribution in [0.25, 0.3) is 0 Å². The van der Waals surface area contributed by atoms with Gasteiger partial charge in [0, 0.05) is 6.54 Å². The number of halogens is 2. The molecular weight excluding hydrogens is 205 g/mol. The van der Waals surface area contributed by atoms with Crippen molar-refractivity contribution in [3.05, 3.63) is 28.8 Å². The molecule has 2 nitrogen and oxygen atoms in total. The third-order valence-corrected chi connectivity index (χ3v) is 2.45. The summed E-state index contributed by atoms with van der Waals surface area (Å²) in [5.74, 6) is 0.460. The molecule has 1 aromatic rings. The Hall–Kier alpha value is -0.800. The molecule has 0 heterocycles. The highest BCUT2D eigenvalue weighted by atomic mass is 35.5. The number of hydrogen-bond acceptors (Lipinski definition) is 2. The van der Waals surface area contributed by atoms with Crippen molar-refractivity contribution < 1.29 is 9.13 Å². The lowest BCUT2D eigenvalue weighted by Gasteiger charge is -2.19. The maximum absolute atomic E-state index is 13.8. The fraction of sp³-hybridized carbons (Fsp3) is 0.400. The van der Waals surface area contributed by atoms with Crippen LogP contribution in [0.2, 0.25) is 5.02 Å². The summed E-state index contributed by atoms with van der Waals surface area (Å²) in [5.41, 5.74) is 4.25. The molecule has 0 aliphatic heterocycles. The van der Waals surface area contributed by atoms with Gasteiger partial charge in [0.05, 0.1) is 12.1 Å². The second-order valence-electron chi connectivity index (χ2n) is 3.25. The van der Waals surface area contributed by atoms with Crippen LogP contribution in [0.4, 0.5) is 4.39 Å². The minimum absolute atomic E-state index is 0.0716. The van der Waals surface area contributed by atoms with E-state index in [-0.39, 0.29) is 6.54 Å². The fourth-order valence-electron chi connectivity index (χ4n) is 1.10.